The van der Waals surface area contributed by atoms with Crippen LogP contribution >= 0.6 is 39.1 Å². The summed E-state index contributed by atoms with van der Waals surface area (Å²) in [6.45, 7) is 0. The second-order valence-electron chi connectivity index (χ2n) is 4.18. The van der Waals surface area contributed by atoms with Crippen LogP contribution in [0.4, 0.5) is 0 Å². The Morgan fingerprint density at radius 3 is 2.35 bits per heavy atom. The molecule has 23 heavy (non-hydrogen) atoms. The van der Waals surface area contributed by atoms with Crippen molar-refractivity contribution in [3.05, 3.63) is 38.9 Å². The van der Waals surface area contributed by atoms with Gasteiger partial charge in [-0.2, -0.15) is 0 Å². The first kappa shape index (κ1) is 18.3. The van der Waals surface area contributed by atoms with Gasteiger partial charge in [-0.15, -0.1) is 0 Å². The van der Waals surface area contributed by atoms with Gasteiger partial charge in [-0.25, -0.2) is 18.1 Å². The maximum Gasteiger partial charge on any atom is 0.244 e. The van der Waals surface area contributed by atoms with E-state index in [0.717, 1.165) is 0 Å². The fourth-order valence-electron chi connectivity index (χ4n) is 1.67. The Bertz CT molecular complexity index is 823. The summed E-state index contributed by atoms with van der Waals surface area (Å²) in [7, 11) is -1.12. The molecule has 1 N–H and O–H groups in total. The first-order valence-corrected chi connectivity index (χ1v) is 9.11. The Morgan fingerprint density at radius 2 is 1.83 bits per heavy atom. The number of ether oxygens (including phenoxy) is 2. The predicted octanol–water partition coefficient (Wildman–Crippen LogP) is 3.86. The minimum Gasteiger partial charge on any atom is -0.494 e. The van der Waals surface area contributed by atoms with Gasteiger partial charge in [0.1, 0.15) is 4.90 Å². The van der Waals surface area contributed by atoms with Crippen LogP contribution in [0.25, 0.3) is 0 Å². The molecule has 0 saturated heterocycles. The standard InChI is InChI=1S/C13H11BrCl2N2O4S/c1-17-23(19,20)11-5-12(18-6-10(11)21-2)22-13-8(15)3-7(14)4-9(13)16/h3-6,17H,1-2H3. The van der Waals surface area contributed by atoms with Crippen LogP contribution in [-0.2, 0) is 10.0 Å². The van der Waals surface area contributed by atoms with Gasteiger partial charge < -0.3 is 9.47 Å². The van der Waals surface area contributed by atoms with Crippen LogP contribution in [-0.4, -0.2) is 27.6 Å². The summed E-state index contributed by atoms with van der Waals surface area (Å²) in [5, 5.41) is 0.500. The molecule has 0 saturated carbocycles. The molecule has 1 aromatic heterocycles. The lowest BCUT2D eigenvalue weighted by Gasteiger charge is -2.12. The second kappa shape index (κ2) is 7.23. The molecule has 124 valence electrons. The van der Waals surface area contributed by atoms with Gasteiger partial charge in [0.15, 0.2) is 11.5 Å². The number of nitrogens with zero attached hydrogens (tertiary/aromatic N) is 1. The van der Waals surface area contributed by atoms with E-state index in [-0.39, 0.29) is 32.3 Å². The fraction of sp³-hybridized carbons (Fsp3) is 0.154. The Balaban J connectivity index is 2.49. The second-order valence-corrected chi connectivity index (χ2v) is 7.77. The molecule has 1 heterocycles. The molecule has 0 aliphatic rings. The van der Waals surface area contributed by atoms with Gasteiger partial charge in [-0.3, -0.25) is 0 Å². The van der Waals surface area contributed by atoms with Crippen molar-refractivity contribution >= 4 is 49.2 Å². The van der Waals surface area contributed by atoms with Crippen molar-refractivity contribution in [1.82, 2.24) is 9.71 Å². The first-order valence-electron chi connectivity index (χ1n) is 6.08. The van der Waals surface area contributed by atoms with Crippen molar-refractivity contribution in [2.24, 2.45) is 0 Å². The van der Waals surface area contributed by atoms with Crippen LogP contribution in [0.3, 0.4) is 0 Å². The topological polar surface area (TPSA) is 77.5 Å². The minimum absolute atomic E-state index is 0.00532. The van der Waals surface area contributed by atoms with E-state index in [0.29, 0.717) is 4.47 Å². The van der Waals surface area contributed by atoms with E-state index in [1.807, 2.05) is 0 Å². The molecule has 10 heteroatoms. The van der Waals surface area contributed by atoms with Crippen molar-refractivity contribution in [3.63, 3.8) is 0 Å². The molecule has 0 fully saturated rings. The summed E-state index contributed by atoms with van der Waals surface area (Å²) < 4.78 is 37.5. The van der Waals surface area contributed by atoms with E-state index in [1.54, 1.807) is 12.1 Å². The third kappa shape index (κ3) is 4.07. The first-order chi connectivity index (χ1) is 10.8. The molecule has 1 aromatic carbocycles. The molecule has 0 bridgehead atoms. The molecule has 0 spiro atoms. The Morgan fingerprint density at radius 1 is 1.22 bits per heavy atom. The van der Waals surface area contributed by atoms with Gasteiger partial charge in [0.05, 0.1) is 23.4 Å². The van der Waals surface area contributed by atoms with Crippen LogP contribution in [0.1, 0.15) is 0 Å². The number of sulfonamides is 1. The number of halogens is 3. The predicted molar refractivity (Wildman–Crippen MR) is 91.3 cm³/mol. The van der Waals surface area contributed by atoms with Crippen LogP contribution < -0.4 is 14.2 Å². The summed E-state index contributed by atoms with van der Waals surface area (Å²) in [5.74, 6) is 0.257. The maximum atomic E-state index is 12.0. The number of rotatable bonds is 5. The molecule has 0 aliphatic heterocycles. The molecule has 2 rings (SSSR count). The van der Waals surface area contributed by atoms with E-state index in [1.165, 1.54) is 26.4 Å². The van der Waals surface area contributed by atoms with Gasteiger partial charge in [0.2, 0.25) is 15.9 Å². The zero-order valence-corrected chi connectivity index (χ0v) is 15.8. The molecule has 0 atom stereocenters. The monoisotopic (exact) mass is 440 g/mol. The van der Waals surface area contributed by atoms with Crippen LogP contribution in [0.2, 0.25) is 10.0 Å². The maximum absolute atomic E-state index is 12.0. The summed E-state index contributed by atoms with van der Waals surface area (Å²) >= 11 is 15.4. The minimum atomic E-state index is -3.75. The van der Waals surface area contributed by atoms with Gasteiger partial charge in [0.25, 0.3) is 0 Å². The number of aromatic nitrogens is 1. The number of hydrogen-bond acceptors (Lipinski definition) is 5. The number of methoxy groups -OCH3 is 1. The Hall–Kier alpha value is -1.06. The quantitative estimate of drug-likeness (QED) is 0.762. The van der Waals surface area contributed by atoms with E-state index in [4.69, 9.17) is 32.7 Å². The van der Waals surface area contributed by atoms with E-state index < -0.39 is 10.0 Å². The molecule has 0 radical (unpaired) electrons. The lowest BCUT2D eigenvalue weighted by Crippen LogP contribution is -2.19. The summed E-state index contributed by atoms with van der Waals surface area (Å²) in [4.78, 5) is 3.88. The zero-order chi connectivity index (χ0) is 17.2. The van der Waals surface area contributed by atoms with Crippen molar-refractivity contribution in [3.8, 4) is 17.4 Å². The molecule has 2 aromatic rings. The fourth-order valence-corrected chi connectivity index (χ4v) is 3.83. The average Bonchev–Trinajstić information content (AvgIpc) is 2.50. The van der Waals surface area contributed by atoms with Crippen molar-refractivity contribution < 1.29 is 17.9 Å². The lowest BCUT2D eigenvalue weighted by molar-refractivity contribution is 0.394. The van der Waals surface area contributed by atoms with E-state index in [9.17, 15) is 8.42 Å². The summed E-state index contributed by atoms with van der Waals surface area (Å²) in [6, 6.07) is 4.41. The molecule has 0 aliphatic carbocycles. The molecule has 0 amide bonds. The van der Waals surface area contributed by atoms with E-state index >= 15 is 0 Å². The highest BCUT2D eigenvalue weighted by Gasteiger charge is 2.20. The van der Waals surface area contributed by atoms with Crippen molar-refractivity contribution in [2.45, 2.75) is 4.90 Å². The highest BCUT2D eigenvalue weighted by atomic mass is 79.9. The SMILES string of the molecule is CNS(=O)(=O)c1cc(Oc2c(Cl)cc(Br)cc2Cl)ncc1OC. The Kier molecular flexibility index (Phi) is 5.74. The normalized spacial score (nSPS) is 11.3. The largest absolute Gasteiger partial charge is 0.494 e. The summed E-state index contributed by atoms with van der Waals surface area (Å²) in [5.41, 5.74) is 0. The van der Waals surface area contributed by atoms with Crippen LogP contribution in [0.15, 0.2) is 33.8 Å². The van der Waals surface area contributed by atoms with Gasteiger partial charge in [0, 0.05) is 10.5 Å². The number of pyridine rings is 1. The number of hydrogen-bond donors (Lipinski definition) is 1. The Labute approximate surface area is 151 Å². The average molecular weight is 442 g/mol. The van der Waals surface area contributed by atoms with Crippen LogP contribution in [0, 0.1) is 0 Å². The molecular formula is C13H11BrCl2N2O4S. The van der Waals surface area contributed by atoms with Gasteiger partial charge >= 0.3 is 0 Å². The third-order valence-corrected chi connectivity index (χ3v) is 5.21. The lowest BCUT2D eigenvalue weighted by atomic mass is 10.3. The van der Waals surface area contributed by atoms with Crippen molar-refractivity contribution in [1.29, 1.82) is 0 Å². The third-order valence-electron chi connectivity index (χ3n) is 2.75. The van der Waals surface area contributed by atoms with E-state index in [2.05, 4.69) is 25.6 Å². The van der Waals surface area contributed by atoms with Gasteiger partial charge in [-0.05, 0) is 19.2 Å². The van der Waals surface area contributed by atoms with Crippen molar-refractivity contribution in [2.75, 3.05) is 14.2 Å². The van der Waals surface area contributed by atoms with Crippen LogP contribution in [0.5, 0.6) is 17.4 Å². The molecule has 6 nitrogen and oxygen atoms in total. The zero-order valence-electron chi connectivity index (χ0n) is 11.9. The summed E-state index contributed by atoms with van der Waals surface area (Å²) in [6.07, 6.45) is 1.24. The molecular weight excluding hydrogens is 431 g/mol. The smallest absolute Gasteiger partial charge is 0.244 e. The number of nitrogens with one attached hydrogen (secondary N) is 1. The highest BCUT2D eigenvalue weighted by Crippen LogP contribution is 2.39. The van der Waals surface area contributed by atoms with Gasteiger partial charge in [-0.1, -0.05) is 39.1 Å². The molecule has 0 unspecified atom stereocenters. The number of benzene rings is 1. The highest BCUT2D eigenvalue weighted by molar-refractivity contribution is 9.10.